The molecule has 1 heterocycles. The van der Waals surface area contributed by atoms with Crippen LogP contribution in [0.4, 0.5) is 4.79 Å². The number of nitrogens with two attached hydrogens (primary N) is 1. The van der Waals surface area contributed by atoms with Crippen LogP contribution in [0.2, 0.25) is 0 Å². The van der Waals surface area contributed by atoms with Crippen LogP contribution in [-0.2, 0) is 0 Å². The Morgan fingerprint density at radius 3 is 2.79 bits per heavy atom. The number of hydrogen-bond donors (Lipinski definition) is 2. The van der Waals surface area contributed by atoms with E-state index in [1.165, 1.54) is 0 Å². The second-order valence-electron chi connectivity index (χ2n) is 3.72. The van der Waals surface area contributed by atoms with Crippen molar-refractivity contribution in [3.8, 4) is 0 Å². The molecule has 1 saturated heterocycles. The Labute approximate surface area is 88.7 Å². The van der Waals surface area contributed by atoms with Gasteiger partial charge in [0.25, 0.3) is 0 Å². The normalized spacial score (nSPS) is 35.6. The van der Waals surface area contributed by atoms with Crippen molar-refractivity contribution in [2.45, 2.75) is 37.7 Å². The van der Waals surface area contributed by atoms with Gasteiger partial charge in [-0.25, -0.2) is 10.2 Å². The average Bonchev–Trinajstić information content (AvgIpc) is 2.08. The Hall–Kier alpha value is -0.710. The van der Waals surface area contributed by atoms with Crippen LogP contribution in [0.1, 0.15) is 27.2 Å². The molecule has 0 radical (unpaired) electrons. The summed E-state index contributed by atoms with van der Waals surface area (Å²) in [5.41, 5.74) is 8.31. The van der Waals surface area contributed by atoms with Crippen LogP contribution in [-0.4, -0.2) is 22.2 Å². The van der Waals surface area contributed by atoms with E-state index in [0.717, 1.165) is 12.1 Å². The number of nitrogens with one attached hydrogen (secondary N) is 1. The van der Waals surface area contributed by atoms with Gasteiger partial charge in [-0.3, -0.25) is 0 Å². The first-order valence-corrected chi connectivity index (χ1v) is 5.72. The summed E-state index contributed by atoms with van der Waals surface area (Å²) in [4.78, 5) is 10.5. The number of primary amides is 1. The van der Waals surface area contributed by atoms with Crippen molar-refractivity contribution in [2.24, 2.45) is 16.8 Å². The van der Waals surface area contributed by atoms with E-state index in [1.807, 2.05) is 11.8 Å². The molecule has 3 atom stereocenters. The zero-order valence-electron chi connectivity index (χ0n) is 8.78. The van der Waals surface area contributed by atoms with Crippen molar-refractivity contribution in [3.05, 3.63) is 0 Å². The molecule has 0 aromatic rings. The maximum absolute atomic E-state index is 10.5. The van der Waals surface area contributed by atoms with E-state index in [4.69, 9.17) is 5.73 Å². The van der Waals surface area contributed by atoms with E-state index in [0.29, 0.717) is 16.4 Å². The summed E-state index contributed by atoms with van der Waals surface area (Å²) in [6.07, 6.45) is 0.927. The van der Waals surface area contributed by atoms with Gasteiger partial charge < -0.3 is 5.73 Å². The Bertz CT molecular complexity index is 254. The molecule has 2 amide bonds. The number of urea groups is 1. The van der Waals surface area contributed by atoms with Crippen LogP contribution >= 0.6 is 11.8 Å². The third kappa shape index (κ3) is 2.90. The van der Waals surface area contributed by atoms with Crippen molar-refractivity contribution in [1.82, 2.24) is 5.43 Å². The van der Waals surface area contributed by atoms with Gasteiger partial charge in [0.05, 0.1) is 0 Å². The number of rotatable bonds is 1. The molecule has 1 fully saturated rings. The molecule has 0 bridgehead atoms. The van der Waals surface area contributed by atoms with Crippen molar-refractivity contribution < 1.29 is 4.79 Å². The largest absolute Gasteiger partial charge is 0.350 e. The van der Waals surface area contributed by atoms with Crippen LogP contribution < -0.4 is 11.2 Å². The van der Waals surface area contributed by atoms with E-state index < -0.39 is 6.03 Å². The van der Waals surface area contributed by atoms with Crippen molar-refractivity contribution in [3.63, 3.8) is 0 Å². The fourth-order valence-electron chi connectivity index (χ4n) is 1.56. The summed E-state index contributed by atoms with van der Waals surface area (Å²) in [7, 11) is 0. The van der Waals surface area contributed by atoms with E-state index in [9.17, 15) is 4.79 Å². The van der Waals surface area contributed by atoms with Gasteiger partial charge in [-0.05, 0) is 6.42 Å². The Morgan fingerprint density at radius 1 is 1.57 bits per heavy atom. The summed E-state index contributed by atoms with van der Waals surface area (Å²) >= 11 is 1.96. The highest BCUT2D eigenvalue weighted by Gasteiger charge is 2.27. The standard InChI is InChI=1S/C9H17N3OS/c1-5-4-8(11-12-9(10)13)6(2)7(3)14-5/h5-7H,4H2,1-3H3,(H3,10,12,13)/b11-8+/t5-,6+,7+/m1/s1. The highest BCUT2D eigenvalue weighted by molar-refractivity contribution is 8.00. The zero-order chi connectivity index (χ0) is 10.7. The van der Waals surface area contributed by atoms with Crippen LogP contribution in [0.25, 0.3) is 0 Å². The van der Waals surface area contributed by atoms with Gasteiger partial charge >= 0.3 is 6.03 Å². The van der Waals surface area contributed by atoms with Crippen LogP contribution in [0.3, 0.4) is 0 Å². The molecule has 1 aliphatic heterocycles. The number of hydrogen-bond acceptors (Lipinski definition) is 3. The van der Waals surface area contributed by atoms with Gasteiger partial charge in [-0.1, -0.05) is 20.8 Å². The van der Waals surface area contributed by atoms with Gasteiger partial charge in [-0.15, -0.1) is 0 Å². The van der Waals surface area contributed by atoms with Crippen LogP contribution in [0.5, 0.6) is 0 Å². The Kier molecular flexibility index (Phi) is 3.80. The topological polar surface area (TPSA) is 67.5 Å². The minimum atomic E-state index is -0.594. The van der Waals surface area contributed by atoms with Crippen LogP contribution in [0.15, 0.2) is 5.10 Å². The summed E-state index contributed by atoms with van der Waals surface area (Å²) in [6, 6.07) is -0.594. The van der Waals surface area contributed by atoms with E-state index in [2.05, 4.69) is 31.3 Å². The summed E-state index contributed by atoms with van der Waals surface area (Å²) in [5.74, 6) is 0.406. The molecular weight excluding hydrogens is 198 g/mol. The molecule has 14 heavy (non-hydrogen) atoms. The van der Waals surface area contributed by atoms with Crippen molar-refractivity contribution in [1.29, 1.82) is 0 Å². The first-order valence-electron chi connectivity index (χ1n) is 4.78. The summed E-state index contributed by atoms with van der Waals surface area (Å²) in [6.45, 7) is 6.49. The van der Waals surface area contributed by atoms with Gasteiger partial charge in [-0.2, -0.15) is 16.9 Å². The number of hydrazone groups is 1. The van der Waals surface area contributed by atoms with Gasteiger partial charge in [0.1, 0.15) is 0 Å². The fourth-order valence-corrected chi connectivity index (χ4v) is 2.95. The number of thioether (sulfide) groups is 1. The minimum absolute atomic E-state index is 0.406. The molecule has 4 nitrogen and oxygen atoms in total. The highest BCUT2D eigenvalue weighted by Crippen LogP contribution is 2.33. The lowest BCUT2D eigenvalue weighted by Gasteiger charge is -2.30. The maximum atomic E-state index is 10.5. The second-order valence-corrected chi connectivity index (χ2v) is 5.54. The molecule has 0 saturated carbocycles. The number of carbonyl (C=O) groups excluding carboxylic acids is 1. The maximum Gasteiger partial charge on any atom is 0.332 e. The molecule has 1 rings (SSSR count). The second kappa shape index (κ2) is 4.68. The monoisotopic (exact) mass is 215 g/mol. The molecule has 80 valence electrons. The molecule has 0 aromatic heterocycles. The molecule has 3 N–H and O–H groups in total. The zero-order valence-corrected chi connectivity index (χ0v) is 9.60. The number of amides is 2. The summed E-state index contributed by atoms with van der Waals surface area (Å²) < 4.78 is 0. The number of carbonyl (C=O) groups is 1. The SMILES string of the molecule is C[C@@H]1C/C(=N\NC(N)=O)[C@@H](C)[C@H](C)S1. The Morgan fingerprint density at radius 2 is 2.21 bits per heavy atom. The van der Waals surface area contributed by atoms with Gasteiger partial charge in [0, 0.05) is 22.1 Å². The quantitative estimate of drug-likeness (QED) is 0.652. The lowest BCUT2D eigenvalue weighted by molar-refractivity contribution is 0.249. The Balaban J connectivity index is 2.65. The van der Waals surface area contributed by atoms with Gasteiger partial charge in [0.2, 0.25) is 0 Å². The average molecular weight is 215 g/mol. The molecule has 0 spiro atoms. The van der Waals surface area contributed by atoms with Crippen molar-refractivity contribution in [2.75, 3.05) is 0 Å². The number of nitrogens with zero attached hydrogens (tertiary/aromatic N) is 1. The van der Waals surface area contributed by atoms with E-state index >= 15 is 0 Å². The van der Waals surface area contributed by atoms with Gasteiger partial charge in [0.15, 0.2) is 0 Å². The third-order valence-electron chi connectivity index (χ3n) is 2.48. The lowest BCUT2D eigenvalue weighted by atomic mass is 9.98. The predicted molar refractivity (Wildman–Crippen MR) is 60.5 cm³/mol. The molecule has 0 aliphatic carbocycles. The molecule has 5 heteroatoms. The molecule has 0 aromatic carbocycles. The minimum Gasteiger partial charge on any atom is -0.350 e. The molecule has 1 aliphatic rings. The first kappa shape index (κ1) is 11.4. The van der Waals surface area contributed by atoms with E-state index in [-0.39, 0.29) is 0 Å². The van der Waals surface area contributed by atoms with Crippen LogP contribution in [0, 0.1) is 5.92 Å². The summed E-state index contributed by atoms with van der Waals surface area (Å²) in [5, 5.41) is 5.16. The van der Waals surface area contributed by atoms with E-state index in [1.54, 1.807) is 0 Å². The smallest absolute Gasteiger partial charge is 0.332 e. The molecular formula is C9H17N3OS. The molecule has 0 unspecified atom stereocenters. The predicted octanol–water partition coefficient (Wildman–Crippen LogP) is 1.56. The highest BCUT2D eigenvalue weighted by atomic mass is 32.2. The van der Waals surface area contributed by atoms with Crippen molar-refractivity contribution >= 4 is 23.5 Å². The first-order chi connectivity index (χ1) is 6.50. The third-order valence-corrected chi connectivity index (χ3v) is 3.95. The fraction of sp³-hybridized carbons (Fsp3) is 0.778. The lowest BCUT2D eigenvalue weighted by Crippen LogP contribution is -2.34.